The molecular weight excluding hydrogens is 416 g/mol. The average Bonchev–Trinajstić information content (AvgIpc) is 2.79. The molecule has 6 fully saturated rings. The van der Waals surface area contributed by atoms with E-state index in [0.29, 0.717) is 6.42 Å². The van der Waals surface area contributed by atoms with Crippen LogP contribution in [-0.2, 0) is 28.6 Å². The van der Waals surface area contributed by atoms with Crippen LogP contribution in [0.4, 0.5) is 0 Å². The van der Waals surface area contributed by atoms with Crippen molar-refractivity contribution in [3.63, 3.8) is 0 Å². The quantitative estimate of drug-likeness (QED) is 0.482. The van der Waals surface area contributed by atoms with E-state index in [1.165, 1.54) is 13.8 Å². The SMILES string of the molecule is C=C1C(=O)[C@]23[C@H](OC(C)=O)[C@H]1C[C@H](OC(C)=O)[C@H]2[C@]12CCCC(C)(C)[C@H]1[C@H](O)[C@]3(O)OC2. The highest BCUT2D eigenvalue weighted by Gasteiger charge is 2.88. The van der Waals surface area contributed by atoms with Crippen LogP contribution in [0, 0.1) is 34.0 Å². The molecule has 2 N–H and O–H groups in total. The van der Waals surface area contributed by atoms with E-state index >= 15 is 0 Å². The molecule has 6 rings (SSSR count). The number of ketones is 1. The summed E-state index contributed by atoms with van der Waals surface area (Å²) in [5, 5.41) is 23.7. The van der Waals surface area contributed by atoms with Crippen LogP contribution in [0.1, 0.15) is 53.4 Å². The van der Waals surface area contributed by atoms with Gasteiger partial charge in [-0.2, -0.15) is 0 Å². The maximum atomic E-state index is 14.0. The summed E-state index contributed by atoms with van der Waals surface area (Å²) in [6, 6.07) is 0. The number of aliphatic hydroxyl groups excluding tert-OH is 1. The molecule has 6 aliphatic rings. The fraction of sp³-hybridized carbons (Fsp3) is 0.792. The van der Waals surface area contributed by atoms with Gasteiger partial charge in [0.25, 0.3) is 0 Å². The number of aliphatic hydroxyl groups is 2. The van der Waals surface area contributed by atoms with Crippen molar-refractivity contribution in [1.29, 1.82) is 0 Å². The number of ether oxygens (including phenoxy) is 3. The predicted octanol–water partition coefficient (Wildman–Crippen LogP) is 1.52. The first kappa shape index (κ1) is 22.0. The number of hydrogen-bond donors (Lipinski definition) is 2. The Morgan fingerprint density at radius 3 is 2.41 bits per heavy atom. The molecule has 0 amide bonds. The molecule has 4 saturated carbocycles. The van der Waals surface area contributed by atoms with Crippen LogP contribution in [0.3, 0.4) is 0 Å². The maximum absolute atomic E-state index is 14.0. The van der Waals surface area contributed by atoms with Crippen LogP contribution in [0.25, 0.3) is 0 Å². The van der Waals surface area contributed by atoms with Crippen LogP contribution in [-0.4, -0.2) is 58.6 Å². The molecule has 0 unspecified atom stereocenters. The second-order valence-electron chi connectivity index (χ2n) is 11.2. The van der Waals surface area contributed by atoms with Gasteiger partial charge in [0.2, 0.25) is 5.79 Å². The molecular formula is C24H32O8. The minimum absolute atomic E-state index is 0.135. The first-order valence-corrected chi connectivity index (χ1v) is 11.5. The lowest BCUT2D eigenvalue weighted by Gasteiger charge is -2.74. The van der Waals surface area contributed by atoms with Crippen LogP contribution in [0.2, 0.25) is 0 Å². The van der Waals surface area contributed by atoms with E-state index in [0.717, 1.165) is 12.8 Å². The summed E-state index contributed by atoms with van der Waals surface area (Å²) in [6.45, 7) is 10.8. The molecule has 32 heavy (non-hydrogen) atoms. The Hall–Kier alpha value is -1.77. The van der Waals surface area contributed by atoms with E-state index in [1.54, 1.807) is 0 Å². The van der Waals surface area contributed by atoms with Crippen molar-refractivity contribution < 1.29 is 38.8 Å². The Labute approximate surface area is 187 Å². The third kappa shape index (κ3) is 2.26. The van der Waals surface area contributed by atoms with Crippen LogP contribution >= 0.6 is 0 Å². The van der Waals surface area contributed by atoms with Crippen LogP contribution < -0.4 is 0 Å². The predicted molar refractivity (Wildman–Crippen MR) is 110 cm³/mol. The van der Waals surface area contributed by atoms with Crippen molar-refractivity contribution in [2.75, 3.05) is 6.61 Å². The average molecular weight is 449 g/mol. The first-order valence-electron chi connectivity index (χ1n) is 11.5. The van der Waals surface area contributed by atoms with Crippen molar-refractivity contribution >= 4 is 17.7 Å². The summed E-state index contributed by atoms with van der Waals surface area (Å²) in [5.41, 5.74) is -2.63. The van der Waals surface area contributed by atoms with Crippen molar-refractivity contribution in [2.45, 2.75) is 77.5 Å². The van der Waals surface area contributed by atoms with Gasteiger partial charge in [0.05, 0.1) is 6.61 Å². The summed E-state index contributed by atoms with van der Waals surface area (Å²) in [6.07, 6.45) is -0.487. The number of carbonyl (C=O) groups is 3. The zero-order valence-electron chi connectivity index (χ0n) is 19.1. The summed E-state index contributed by atoms with van der Waals surface area (Å²) in [5.74, 6) is -5.50. The van der Waals surface area contributed by atoms with E-state index < -0.39 is 64.5 Å². The molecule has 0 radical (unpaired) electrons. The lowest BCUT2D eigenvalue weighted by molar-refractivity contribution is -0.455. The van der Waals surface area contributed by atoms with Gasteiger partial charge in [-0.25, -0.2) is 0 Å². The Morgan fingerprint density at radius 2 is 1.78 bits per heavy atom. The van der Waals surface area contributed by atoms with Crippen LogP contribution in [0.15, 0.2) is 12.2 Å². The van der Waals surface area contributed by atoms with Gasteiger partial charge in [0.1, 0.15) is 23.7 Å². The molecule has 8 nitrogen and oxygen atoms in total. The van der Waals surface area contributed by atoms with Crippen molar-refractivity contribution in [1.82, 2.24) is 0 Å². The lowest BCUT2D eigenvalue weighted by Crippen LogP contribution is -2.85. The number of rotatable bonds is 2. The van der Waals surface area contributed by atoms with E-state index in [4.69, 9.17) is 14.2 Å². The van der Waals surface area contributed by atoms with Gasteiger partial charge in [-0.1, -0.05) is 26.8 Å². The Balaban J connectivity index is 1.81. The largest absolute Gasteiger partial charge is 0.462 e. The van der Waals surface area contributed by atoms with Gasteiger partial charge < -0.3 is 24.4 Å². The Morgan fingerprint density at radius 1 is 1.12 bits per heavy atom. The zero-order valence-corrected chi connectivity index (χ0v) is 19.1. The van der Waals surface area contributed by atoms with E-state index in [-0.39, 0.29) is 29.9 Å². The molecule has 4 aliphatic carbocycles. The zero-order chi connectivity index (χ0) is 23.4. The maximum Gasteiger partial charge on any atom is 0.302 e. The third-order valence-corrected chi connectivity index (χ3v) is 9.30. The van der Waals surface area contributed by atoms with Gasteiger partial charge in [-0.05, 0) is 30.3 Å². The highest BCUT2D eigenvalue weighted by molar-refractivity contribution is 6.05. The van der Waals surface area contributed by atoms with E-state index in [1.807, 2.05) is 0 Å². The van der Waals surface area contributed by atoms with Gasteiger partial charge in [-0.15, -0.1) is 0 Å². The van der Waals surface area contributed by atoms with E-state index in [9.17, 15) is 24.6 Å². The second-order valence-corrected chi connectivity index (χ2v) is 11.2. The van der Waals surface area contributed by atoms with Crippen molar-refractivity contribution in [3.8, 4) is 0 Å². The van der Waals surface area contributed by atoms with Crippen molar-refractivity contribution in [2.24, 2.45) is 34.0 Å². The molecule has 9 atom stereocenters. The molecule has 8 heteroatoms. The lowest BCUT2D eigenvalue weighted by atomic mass is 9.36. The standard InChI is InChI=1S/C24H32O8/c1-11-14-9-15(31-12(2)25)16-22-8-6-7-21(4,5)17(22)19(28)24(29,30-10-22)23(16,18(11)27)20(14)32-13(3)26/h14-17,19-20,28-29H,1,6-10H2,2-5H3/t14-,15-,16-,17+,19-,20+,22+,23-,24-/m0/s1. The monoisotopic (exact) mass is 448 g/mol. The summed E-state index contributed by atoms with van der Waals surface area (Å²) in [7, 11) is 0. The number of esters is 2. The van der Waals surface area contributed by atoms with Crippen molar-refractivity contribution in [3.05, 3.63) is 12.2 Å². The van der Waals surface area contributed by atoms with E-state index in [2.05, 4.69) is 20.4 Å². The summed E-state index contributed by atoms with van der Waals surface area (Å²) >= 11 is 0. The first-order chi connectivity index (χ1) is 14.8. The number of fused-ring (bicyclic) bond motifs is 2. The highest BCUT2D eigenvalue weighted by Crippen LogP contribution is 2.77. The third-order valence-electron chi connectivity index (χ3n) is 9.30. The fourth-order valence-electron chi connectivity index (χ4n) is 8.65. The number of hydrogen-bond acceptors (Lipinski definition) is 8. The minimum atomic E-state index is -2.29. The smallest absolute Gasteiger partial charge is 0.302 e. The Kier molecular flexibility index (Phi) is 4.42. The summed E-state index contributed by atoms with van der Waals surface area (Å²) < 4.78 is 17.5. The van der Waals surface area contributed by atoms with Gasteiger partial charge >= 0.3 is 11.9 Å². The molecule has 2 aliphatic heterocycles. The van der Waals surface area contributed by atoms with Gasteiger partial charge in [-0.3, -0.25) is 14.4 Å². The van der Waals surface area contributed by atoms with Gasteiger partial charge in [0.15, 0.2) is 5.78 Å². The van der Waals surface area contributed by atoms with Gasteiger partial charge in [0, 0.05) is 37.0 Å². The Bertz CT molecular complexity index is 925. The number of carbonyl (C=O) groups excluding carboxylic acids is 3. The topological polar surface area (TPSA) is 119 Å². The molecule has 4 bridgehead atoms. The second kappa shape index (κ2) is 6.42. The highest BCUT2D eigenvalue weighted by atomic mass is 16.7. The number of Topliss-reactive ketones (excluding diaryl/α,β-unsaturated/α-hetero) is 1. The normalized spacial score (nSPS) is 50.4. The fourth-order valence-corrected chi connectivity index (χ4v) is 8.65. The summed E-state index contributed by atoms with van der Waals surface area (Å²) in [4.78, 5) is 38.2. The molecule has 0 aromatic carbocycles. The molecule has 0 aromatic rings. The minimum Gasteiger partial charge on any atom is -0.462 e. The molecule has 2 heterocycles. The van der Waals surface area contributed by atoms with Crippen LogP contribution in [0.5, 0.6) is 0 Å². The molecule has 2 saturated heterocycles. The molecule has 2 spiro atoms. The molecule has 0 aromatic heterocycles. The molecule has 176 valence electrons.